The molecule has 0 aliphatic carbocycles. The fraction of sp³-hybridized carbons (Fsp3) is 0.500. The van der Waals surface area contributed by atoms with Gasteiger partial charge in [0.05, 0.1) is 18.7 Å². The Morgan fingerprint density at radius 2 is 2.00 bits per heavy atom. The van der Waals surface area contributed by atoms with Crippen molar-refractivity contribution < 1.29 is 9.90 Å². The Kier molecular flexibility index (Phi) is 5.82. The van der Waals surface area contributed by atoms with Crippen molar-refractivity contribution in [3.8, 4) is 0 Å². The highest BCUT2D eigenvalue weighted by Gasteiger charge is 2.22. The van der Waals surface area contributed by atoms with Gasteiger partial charge in [-0.05, 0) is 11.5 Å². The maximum atomic E-state index is 11.9. The summed E-state index contributed by atoms with van der Waals surface area (Å²) >= 11 is 0. The van der Waals surface area contributed by atoms with E-state index in [0.717, 1.165) is 12.0 Å². The molecule has 0 aliphatic heterocycles. The van der Waals surface area contributed by atoms with Crippen LogP contribution in [-0.4, -0.2) is 23.7 Å². The van der Waals surface area contributed by atoms with Gasteiger partial charge < -0.3 is 16.2 Å². The van der Waals surface area contributed by atoms with E-state index in [2.05, 4.69) is 5.32 Å². The number of carbonyl (C=O) groups is 1. The van der Waals surface area contributed by atoms with Gasteiger partial charge >= 0.3 is 0 Å². The van der Waals surface area contributed by atoms with E-state index in [4.69, 9.17) is 5.73 Å². The maximum Gasteiger partial charge on any atom is 0.237 e. The lowest BCUT2D eigenvalue weighted by molar-refractivity contribution is -0.124. The normalized spacial score (nSPS) is 15.8. The number of carbonyl (C=O) groups excluding carboxylic acids is 1. The zero-order valence-electron chi connectivity index (χ0n) is 11.0. The van der Waals surface area contributed by atoms with Crippen LogP contribution in [0.5, 0.6) is 0 Å². The van der Waals surface area contributed by atoms with Crippen LogP contribution in [0.15, 0.2) is 30.3 Å². The molecule has 0 saturated heterocycles. The predicted octanol–water partition coefficient (Wildman–Crippen LogP) is 1.21. The topological polar surface area (TPSA) is 75.4 Å². The zero-order chi connectivity index (χ0) is 13.5. The van der Waals surface area contributed by atoms with Crippen LogP contribution in [0.2, 0.25) is 0 Å². The van der Waals surface area contributed by atoms with Gasteiger partial charge in [0, 0.05) is 0 Å². The predicted molar refractivity (Wildman–Crippen MR) is 71.8 cm³/mol. The number of amides is 1. The molecule has 0 aromatic heterocycles. The van der Waals surface area contributed by atoms with Crippen LogP contribution in [0.25, 0.3) is 0 Å². The second kappa shape index (κ2) is 7.13. The third-order valence-electron chi connectivity index (χ3n) is 3.26. The molecule has 1 unspecified atom stereocenters. The lowest BCUT2D eigenvalue weighted by Gasteiger charge is -2.22. The average molecular weight is 250 g/mol. The summed E-state index contributed by atoms with van der Waals surface area (Å²) in [7, 11) is 0. The van der Waals surface area contributed by atoms with Gasteiger partial charge in [-0.1, -0.05) is 50.6 Å². The number of aliphatic hydroxyl groups is 1. The fourth-order valence-electron chi connectivity index (χ4n) is 1.70. The minimum atomic E-state index is -0.534. The molecule has 4 heteroatoms. The van der Waals surface area contributed by atoms with Crippen molar-refractivity contribution >= 4 is 5.91 Å². The molecule has 0 radical (unpaired) electrons. The minimum Gasteiger partial charge on any atom is -0.394 e. The molecular formula is C14H22N2O2. The third-order valence-corrected chi connectivity index (χ3v) is 3.26. The number of hydrogen-bond donors (Lipinski definition) is 3. The van der Waals surface area contributed by atoms with Gasteiger partial charge in [0.15, 0.2) is 0 Å². The van der Waals surface area contributed by atoms with Gasteiger partial charge in [-0.25, -0.2) is 0 Å². The SMILES string of the molecule is CC[C@H](C)[C@H](N)C(=O)NC(CO)c1ccccc1. The Balaban J connectivity index is 2.67. The van der Waals surface area contributed by atoms with Gasteiger partial charge in [0.25, 0.3) is 0 Å². The summed E-state index contributed by atoms with van der Waals surface area (Å²) in [5, 5.41) is 12.1. The number of nitrogens with one attached hydrogen (secondary N) is 1. The Hall–Kier alpha value is -1.39. The Bertz CT molecular complexity index is 367. The molecule has 18 heavy (non-hydrogen) atoms. The Morgan fingerprint density at radius 1 is 1.39 bits per heavy atom. The Labute approximate surface area is 108 Å². The van der Waals surface area contributed by atoms with Gasteiger partial charge in [0.1, 0.15) is 0 Å². The molecular weight excluding hydrogens is 228 g/mol. The first kappa shape index (κ1) is 14.7. The van der Waals surface area contributed by atoms with Gasteiger partial charge in [-0.3, -0.25) is 4.79 Å². The maximum absolute atomic E-state index is 11.9. The lowest BCUT2D eigenvalue weighted by atomic mass is 9.98. The number of benzene rings is 1. The molecule has 4 nitrogen and oxygen atoms in total. The second-order valence-electron chi connectivity index (χ2n) is 4.57. The summed E-state index contributed by atoms with van der Waals surface area (Å²) in [5.74, 6) is -0.0904. The molecule has 1 aromatic carbocycles. The highest BCUT2D eigenvalue weighted by Crippen LogP contribution is 2.13. The molecule has 1 amide bonds. The van der Waals surface area contributed by atoms with Crippen LogP contribution in [-0.2, 0) is 4.79 Å². The van der Waals surface area contributed by atoms with Crippen molar-refractivity contribution in [2.24, 2.45) is 11.7 Å². The van der Waals surface area contributed by atoms with Crippen molar-refractivity contribution in [1.29, 1.82) is 0 Å². The molecule has 0 aliphatic rings. The summed E-state index contributed by atoms with van der Waals surface area (Å²) in [5.41, 5.74) is 6.74. The molecule has 100 valence electrons. The number of nitrogens with two attached hydrogens (primary N) is 1. The Morgan fingerprint density at radius 3 is 2.50 bits per heavy atom. The van der Waals surface area contributed by atoms with E-state index in [1.54, 1.807) is 0 Å². The first-order valence-corrected chi connectivity index (χ1v) is 6.31. The summed E-state index contributed by atoms with van der Waals surface area (Å²) in [6.07, 6.45) is 0.851. The number of rotatable bonds is 6. The quantitative estimate of drug-likeness (QED) is 0.710. The molecule has 3 atom stereocenters. The van der Waals surface area contributed by atoms with E-state index in [-0.39, 0.29) is 18.4 Å². The molecule has 0 saturated carbocycles. The largest absolute Gasteiger partial charge is 0.394 e. The minimum absolute atomic E-state index is 0.125. The van der Waals surface area contributed by atoms with Crippen LogP contribution in [0.4, 0.5) is 0 Å². The first-order chi connectivity index (χ1) is 8.60. The van der Waals surface area contributed by atoms with E-state index < -0.39 is 12.1 Å². The van der Waals surface area contributed by atoms with Crippen molar-refractivity contribution in [1.82, 2.24) is 5.32 Å². The summed E-state index contributed by atoms with van der Waals surface area (Å²) in [6.45, 7) is 3.81. The van der Waals surface area contributed by atoms with Crippen molar-refractivity contribution in [2.45, 2.75) is 32.4 Å². The van der Waals surface area contributed by atoms with Crippen molar-refractivity contribution in [2.75, 3.05) is 6.61 Å². The second-order valence-corrected chi connectivity index (χ2v) is 4.57. The lowest BCUT2D eigenvalue weighted by Crippen LogP contribution is -2.46. The standard InChI is InChI=1S/C14H22N2O2/c1-3-10(2)13(15)14(18)16-12(9-17)11-7-5-4-6-8-11/h4-8,10,12-13,17H,3,9,15H2,1-2H3,(H,16,18)/t10-,12?,13-/m0/s1. The van der Waals surface area contributed by atoms with Crippen LogP contribution in [0.3, 0.4) is 0 Å². The summed E-state index contributed by atoms with van der Waals surface area (Å²) < 4.78 is 0. The van der Waals surface area contributed by atoms with Crippen LogP contribution in [0, 0.1) is 5.92 Å². The van der Waals surface area contributed by atoms with Crippen LogP contribution >= 0.6 is 0 Å². The number of aliphatic hydroxyl groups excluding tert-OH is 1. The monoisotopic (exact) mass is 250 g/mol. The van der Waals surface area contributed by atoms with Gasteiger partial charge in [-0.15, -0.1) is 0 Å². The summed E-state index contributed by atoms with van der Waals surface area (Å²) in [6, 6.07) is 8.45. The highest BCUT2D eigenvalue weighted by atomic mass is 16.3. The average Bonchev–Trinajstić information content (AvgIpc) is 2.43. The van der Waals surface area contributed by atoms with E-state index in [9.17, 15) is 9.90 Å². The molecule has 0 spiro atoms. The van der Waals surface area contributed by atoms with Crippen LogP contribution < -0.4 is 11.1 Å². The number of hydrogen-bond acceptors (Lipinski definition) is 3. The van der Waals surface area contributed by atoms with E-state index >= 15 is 0 Å². The van der Waals surface area contributed by atoms with Crippen molar-refractivity contribution in [3.05, 3.63) is 35.9 Å². The molecule has 0 bridgehead atoms. The molecule has 0 heterocycles. The van der Waals surface area contributed by atoms with Gasteiger partial charge in [0.2, 0.25) is 5.91 Å². The van der Waals surface area contributed by atoms with Crippen LogP contribution in [0.1, 0.15) is 31.9 Å². The van der Waals surface area contributed by atoms with Gasteiger partial charge in [-0.2, -0.15) is 0 Å². The summed E-state index contributed by atoms with van der Waals surface area (Å²) in [4.78, 5) is 11.9. The molecule has 4 N–H and O–H groups in total. The molecule has 0 fully saturated rings. The zero-order valence-corrected chi connectivity index (χ0v) is 11.0. The smallest absolute Gasteiger partial charge is 0.237 e. The third kappa shape index (κ3) is 3.82. The van der Waals surface area contributed by atoms with Crippen molar-refractivity contribution in [3.63, 3.8) is 0 Å². The molecule has 1 rings (SSSR count). The van der Waals surface area contributed by atoms with E-state index in [0.29, 0.717) is 0 Å². The molecule has 1 aromatic rings. The fourth-order valence-corrected chi connectivity index (χ4v) is 1.70. The first-order valence-electron chi connectivity index (χ1n) is 6.31. The van der Waals surface area contributed by atoms with E-state index in [1.165, 1.54) is 0 Å². The highest BCUT2D eigenvalue weighted by molar-refractivity contribution is 5.82. The van der Waals surface area contributed by atoms with E-state index in [1.807, 2.05) is 44.2 Å².